The van der Waals surface area contributed by atoms with E-state index in [1.165, 1.54) is 24.3 Å². The van der Waals surface area contributed by atoms with Crippen molar-refractivity contribution < 1.29 is 24.2 Å². The van der Waals surface area contributed by atoms with Crippen molar-refractivity contribution in [3.63, 3.8) is 0 Å². The Bertz CT molecular complexity index is 1370. The van der Waals surface area contributed by atoms with Crippen LogP contribution in [-0.4, -0.2) is 40.0 Å². The van der Waals surface area contributed by atoms with Crippen LogP contribution in [0.2, 0.25) is 0 Å². The molecular weight excluding hydrogens is 436 g/mol. The van der Waals surface area contributed by atoms with Crippen molar-refractivity contribution in [2.45, 2.75) is 26.3 Å². The van der Waals surface area contributed by atoms with Crippen molar-refractivity contribution in [3.8, 4) is 0 Å². The van der Waals surface area contributed by atoms with Gasteiger partial charge in [0.15, 0.2) is 5.84 Å². The number of nitrogens with zero attached hydrogens (tertiary/aromatic N) is 3. The number of anilines is 1. The topological polar surface area (TPSA) is 127 Å². The summed E-state index contributed by atoms with van der Waals surface area (Å²) in [6.45, 7) is 5.57. The number of fused-ring (bicyclic) bond motifs is 1. The number of amides is 1. The van der Waals surface area contributed by atoms with Crippen LogP contribution in [0.1, 0.15) is 36.7 Å². The van der Waals surface area contributed by atoms with Gasteiger partial charge >= 0.3 is 11.9 Å². The molecule has 3 N–H and O–H groups in total. The van der Waals surface area contributed by atoms with Crippen LogP contribution in [0, 0.1) is 0 Å². The predicted octanol–water partition coefficient (Wildman–Crippen LogP) is 3.34. The molecule has 0 aliphatic carbocycles. The molecule has 0 saturated heterocycles. The molecule has 3 aromatic rings. The number of aromatic nitrogens is 1. The number of ether oxygens (including phenoxy) is 1. The smallest absolute Gasteiger partial charge is 0.335 e. The predicted molar refractivity (Wildman–Crippen MR) is 128 cm³/mol. The Balaban J connectivity index is 1.75. The lowest BCUT2D eigenvalue weighted by molar-refractivity contribution is -0.152. The zero-order chi connectivity index (χ0) is 24.6. The Morgan fingerprint density at radius 1 is 1.15 bits per heavy atom. The van der Waals surface area contributed by atoms with Gasteiger partial charge in [-0.25, -0.2) is 9.59 Å². The van der Waals surface area contributed by atoms with Gasteiger partial charge in [-0.3, -0.25) is 4.79 Å². The first kappa shape index (κ1) is 22.8. The SMILES string of the molecule is CCOC(=O)C(C)(C)n1cc(/C=C2\C(=O)N(c3ccc(C(=O)O)cc3)N=C2N)c2ccccc21. The molecule has 2 heterocycles. The van der Waals surface area contributed by atoms with Gasteiger partial charge < -0.3 is 20.1 Å². The highest BCUT2D eigenvalue weighted by molar-refractivity contribution is 6.32. The largest absolute Gasteiger partial charge is 0.478 e. The zero-order valence-corrected chi connectivity index (χ0v) is 19.0. The Morgan fingerprint density at radius 2 is 1.82 bits per heavy atom. The summed E-state index contributed by atoms with van der Waals surface area (Å²) >= 11 is 0. The molecule has 0 atom stereocenters. The van der Waals surface area contributed by atoms with Gasteiger partial charge in [-0.15, -0.1) is 5.10 Å². The first-order chi connectivity index (χ1) is 16.1. The van der Waals surface area contributed by atoms with Crippen LogP contribution in [0.15, 0.2) is 65.4 Å². The van der Waals surface area contributed by atoms with E-state index in [0.29, 0.717) is 11.3 Å². The van der Waals surface area contributed by atoms with Crippen molar-refractivity contribution >= 4 is 46.3 Å². The number of rotatable bonds is 6. The summed E-state index contributed by atoms with van der Waals surface area (Å²) in [6.07, 6.45) is 3.44. The van der Waals surface area contributed by atoms with Gasteiger partial charge in [-0.05, 0) is 57.2 Å². The number of nitrogens with two attached hydrogens (primary N) is 1. The van der Waals surface area contributed by atoms with Crippen molar-refractivity contribution in [3.05, 3.63) is 71.4 Å². The van der Waals surface area contributed by atoms with Crippen molar-refractivity contribution in [1.29, 1.82) is 0 Å². The van der Waals surface area contributed by atoms with Crippen LogP contribution in [0.3, 0.4) is 0 Å². The molecule has 1 aliphatic heterocycles. The minimum atomic E-state index is -1.06. The summed E-state index contributed by atoms with van der Waals surface area (Å²) in [5, 5.41) is 15.2. The third-order valence-electron chi connectivity index (χ3n) is 5.69. The Morgan fingerprint density at radius 3 is 2.47 bits per heavy atom. The standard InChI is InChI=1S/C25H24N4O5/c1-4-34-24(33)25(2,3)28-14-16(18-7-5-6-8-20(18)28)13-19-21(26)27-29(22(19)30)17-11-9-15(10-12-17)23(31)32/h5-14H,4H2,1-3H3,(H2,26,27)(H,31,32)/b19-13-. The van der Waals surface area contributed by atoms with Crippen LogP contribution in [0.4, 0.5) is 5.69 Å². The molecule has 0 fully saturated rings. The van der Waals surface area contributed by atoms with E-state index in [2.05, 4.69) is 5.10 Å². The molecule has 4 rings (SSSR count). The zero-order valence-electron chi connectivity index (χ0n) is 19.0. The molecule has 1 aromatic heterocycles. The van der Waals surface area contributed by atoms with Gasteiger partial charge in [-0.2, -0.15) is 5.01 Å². The molecule has 0 bridgehead atoms. The van der Waals surface area contributed by atoms with Gasteiger partial charge in [0.2, 0.25) is 0 Å². The molecule has 2 aromatic carbocycles. The maximum Gasteiger partial charge on any atom is 0.335 e. The number of benzene rings is 2. The number of aromatic carboxylic acids is 1. The van der Waals surface area contributed by atoms with E-state index in [1.807, 2.05) is 28.8 Å². The van der Waals surface area contributed by atoms with Crippen LogP contribution in [0.25, 0.3) is 17.0 Å². The number of carboxylic acids is 1. The second kappa shape index (κ2) is 8.51. The number of hydrogen-bond donors (Lipinski definition) is 2. The highest BCUT2D eigenvalue weighted by Gasteiger charge is 2.34. The average molecular weight is 460 g/mol. The first-order valence-corrected chi connectivity index (χ1v) is 10.7. The Kier molecular flexibility index (Phi) is 5.70. The van der Waals surface area contributed by atoms with E-state index in [4.69, 9.17) is 15.6 Å². The average Bonchev–Trinajstić information content (AvgIpc) is 3.32. The molecule has 9 nitrogen and oxygen atoms in total. The fourth-order valence-electron chi connectivity index (χ4n) is 3.83. The van der Waals surface area contributed by atoms with Crippen LogP contribution >= 0.6 is 0 Å². The Hall–Kier alpha value is -4.40. The van der Waals surface area contributed by atoms with Crippen LogP contribution in [-0.2, 0) is 19.9 Å². The molecule has 174 valence electrons. The van der Waals surface area contributed by atoms with Crippen molar-refractivity contribution in [2.24, 2.45) is 10.8 Å². The minimum Gasteiger partial charge on any atom is -0.478 e. The van der Waals surface area contributed by atoms with E-state index in [-0.39, 0.29) is 29.5 Å². The number of carbonyl (C=O) groups excluding carboxylic acids is 2. The fourth-order valence-corrected chi connectivity index (χ4v) is 3.83. The molecule has 34 heavy (non-hydrogen) atoms. The number of amidine groups is 1. The number of esters is 1. The number of carboxylic acid groups (broad SMARTS) is 1. The summed E-state index contributed by atoms with van der Waals surface area (Å²) in [5.41, 5.74) is 7.29. The summed E-state index contributed by atoms with van der Waals surface area (Å²) < 4.78 is 7.08. The van der Waals surface area contributed by atoms with E-state index in [1.54, 1.807) is 33.0 Å². The summed E-state index contributed by atoms with van der Waals surface area (Å²) in [4.78, 5) is 36.9. The highest BCUT2D eigenvalue weighted by atomic mass is 16.5. The maximum absolute atomic E-state index is 13.1. The molecule has 0 saturated carbocycles. The lowest BCUT2D eigenvalue weighted by atomic mass is 10.1. The van der Waals surface area contributed by atoms with Crippen molar-refractivity contribution in [2.75, 3.05) is 11.6 Å². The quantitative estimate of drug-likeness (QED) is 0.429. The molecule has 0 spiro atoms. The molecule has 0 radical (unpaired) electrons. The fraction of sp³-hybridized carbons (Fsp3) is 0.200. The normalized spacial score (nSPS) is 15.1. The summed E-state index contributed by atoms with van der Waals surface area (Å²) in [6, 6.07) is 13.3. The first-order valence-electron chi connectivity index (χ1n) is 10.7. The number of hydrogen-bond acceptors (Lipinski definition) is 6. The molecule has 9 heteroatoms. The van der Waals surface area contributed by atoms with E-state index < -0.39 is 17.4 Å². The van der Waals surface area contributed by atoms with Crippen LogP contribution < -0.4 is 10.7 Å². The van der Waals surface area contributed by atoms with Gasteiger partial charge in [-0.1, -0.05) is 18.2 Å². The lowest BCUT2D eigenvalue weighted by Crippen LogP contribution is -2.36. The van der Waals surface area contributed by atoms with Crippen LogP contribution in [0.5, 0.6) is 0 Å². The van der Waals surface area contributed by atoms with Crippen molar-refractivity contribution in [1.82, 2.24) is 4.57 Å². The minimum absolute atomic E-state index is 0.0359. The number of carbonyl (C=O) groups is 3. The molecule has 1 amide bonds. The number of hydrazone groups is 1. The second-order valence-electron chi connectivity index (χ2n) is 8.26. The lowest BCUT2D eigenvalue weighted by Gasteiger charge is -2.25. The highest BCUT2D eigenvalue weighted by Crippen LogP contribution is 2.31. The van der Waals surface area contributed by atoms with E-state index in [0.717, 1.165) is 15.9 Å². The van der Waals surface area contributed by atoms with E-state index >= 15 is 0 Å². The summed E-state index contributed by atoms with van der Waals surface area (Å²) in [5.74, 6) is -1.84. The summed E-state index contributed by atoms with van der Waals surface area (Å²) in [7, 11) is 0. The van der Waals surface area contributed by atoms with Gasteiger partial charge in [0, 0.05) is 22.7 Å². The van der Waals surface area contributed by atoms with E-state index in [9.17, 15) is 14.4 Å². The van der Waals surface area contributed by atoms with Gasteiger partial charge in [0.1, 0.15) is 5.54 Å². The molecule has 1 aliphatic rings. The second-order valence-corrected chi connectivity index (χ2v) is 8.26. The molecular formula is C25H24N4O5. The third-order valence-corrected chi connectivity index (χ3v) is 5.69. The maximum atomic E-state index is 13.1. The molecule has 0 unspecified atom stereocenters. The number of para-hydroxylation sites is 1. The third kappa shape index (κ3) is 3.81. The monoisotopic (exact) mass is 460 g/mol. The van der Waals surface area contributed by atoms with Gasteiger partial charge in [0.25, 0.3) is 5.91 Å². The Labute approximate surface area is 195 Å². The van der Waals surface area contributed by atoms with Gasteiger partial charge in [0.05, 0.1) is 23.4 Å².